The molecule has 26 heavy (non-hydrogen) atoms. The summed E-state index contributed by atoms with van der Waals surface area (Å²) < 4.78 is 0. The smallest absolute Gasteiger partial charge is 0.326 e. The monoisotopic (exact) mass is 370 g/mol. The van der Waals surface area contributed by atoms with Gasteiger partial charge in [0, 0.05) is 22.8 Å². The zero-order valence-electron chi connectivity index (χ0n) is 15.1. The molecule has 3 rings (SSSR count). The highest BCUT2D eigenvalue weighted by atomic mass is 32.1. The van der Waals surface area contributed by atoms with Crippen molar-refractivity contribution in [2.75, 3.05) is 5.32 Å². The summed E-state index contributed by atoms with van der Waals surface area (Å²) in [6, 6.07) is 5.08. The Morgan fingerprint density at radius 2 is 2.15 bits per heavy atom. The van der Waals surface area contributed by atoms with E-state index in [1.54, 1.807) is 23.7 Å². The molecular weight excluding hydrogens is 348 g/mol. The normalized spacial score (nSPS) is 12.5. The van der Waals surface area contributed by atoms with E-state index >= 15 is 0 Å². The van der Waals surface area contributed by atoms with Gasteiger partial charge in [-0.25, -0.2) is 14.8 Å². The molecule has 0 bridgehead atoms. The van der Waals surface area contributed by atoms with Gasteiger partial charge in [-0.05, 0) is 37.0 Å². The lowest BCUT2D eigenvalue weighted by molar-refractivity contribution is -0.138. The Labute approximate surface area is 156 Å². The Balaban J connectivity index is 2.09. The molecule has 0 amide bonds. The average molecular weight is 370 g/mol. The van der Waals surface area contributed by atoms with Crippen molar-refractivity contribution in [1.29, 1.82) is 0 Å². The molecule has 0 saturated heterocycles. The van der Waals surface area contributed by atoms with E-state index in [-0.39, 0.29) is 5.92 Å². The van der Waals surface area contributed by atoms with E-state index in [2.05, 4.69) is 27.2 Å². The zero-order chi connectivity index (χ0) is 18.7. The SMILES string of the molecule is CCc1cc2c(NC(CC(C)C)C(=O)O)nc(-c3cccnc3)nc2s1. The first kappa shape index (κ1) is 18.3. The summed E-state index contributed by atoms with van der Waals surface area (Å²) in [5, 5.41) is 13.6. The molecule has 0 saturated carbocycles. The van der Waals surface area contributed by atoms with Gasteiger partial charge >= 0.3 is 5.97 Å². The maximum absolute atomic E-state index is 11.7. The van der Waals surface area contributed by atoms with E-state index in [4.69, 9.17) is 0 Å². The van der Waals surface area contributed by atoms with Crippen LogP contribution in [0.3, 0.4) is 0 Å². The molecular formula is C19H22N4O2S. The van der Waals surface area contributed by atoms with E-state index in [1.165, 1.54) is 4.88 Å². The Bertz CT molecular complexity index is 909. The van der Waals surface area contributed by atoms with Gasteiger partial charge < -0.3 is 10.4 Å². The van der Waals surface area contributed by atoms with Crippen LogP contribution in [0.4, 0.5) is 5.82 Å². The Kier molecular flexibility index (Phi) is 5.46. The number of thiophene rings is 1. The highest BCUT2D eigenvalue weighted by Crippen LogP contribution is 2.32. The average Bonchev–Trinajstić information content (AvgIpc) is 3.05. The van der Waals surface area contributed by atoms with Gasteiger partial charge in [-0.2, -0.15) is 0 Å². The number of carboxylic acid groups (broad SMARTS) is 1. The van der Waals surface area contributed by atoms with E-state index in [9.17, 15) is 9.90 Å². The van der Waals surface area contributed by atoms with Gasteiger partial charge in [0.25, 0.3) is 0 Å². The number of aliphatic carboxylic acids is 1. The predicted octanol–water partition coefficient (Wildman–Crippen LogP) is 4.23. The summed E-state index contributed by atoms with van der Waals surface area (Å²) in [7, 11) is 0. The summed E-state index contributed by atoms with van der Waals surface area (Å²) in [4.78, 5) is 27.1. The van der Waals surface area contributed by atoms with Crippen LogP contribution in [0.2, 0.25) is 0 Å². The topological polar surface area (TPSA) is 88.0 Å². The molecule has 0 fully saturated rings. The third kappa shape index (κ3) is 3.99. The second-order valence-corrected chi connectivity index (χ2v) is 7.70. The first-order valence-corrected chi connectivity index (χ1v) is 9.49. The molecule has 6 nitrogen and oxygen atoms in total. The Morgan fingerprint density at radius 3 is 2.77 bits per heavy atom. The first-order chi connectivity index (χ1) is 12.5. The second-order valence-electron chi connectivity index (χ2n) is 6.59. The van der Waals surface area contributed by atoms with Crippen LogP contribution >= 0.6 is 11.3 Å². The molecule has 3 heterocycles. The van der Waals surface area contributed by atoms with Crippen molar-refractivity contribution in [2.45, 2.75) is 39.7 Å². The zero-order valence-corrected chi connectivity index (χ0v) is 15.9. The number of fused-ring (bicyclic) bond motifs is 1. The van der Waals surface area contributed by atoms with Crippen LogP contribution in [0.25, 0.3) is 21.6 Å². The molecule has 3 aromatic heterocycles. The number of hydrogen-bond donors (Lipinski definition) is 2. The third-order valence-corrected chi connectivity index (χ3v) is 5.20. The van der Waals surface area contributed by atoms with E-state index in [0.717, 1.165) is 22.2 Å². The number of rotatable bonds is 7. The molecule has 0 aliphatic heterocycles. The number of carbonyl (C=O) groups is 1. The molecule has 0 aliphatic carbocycles. The summed E-state index contributed by atoms with van der Waals surface area (Å²) in [6.45, 7) is 6.11. The number of pyridine rings is 1. The minimum atomic E-state index is -0.876. The van der Waals surface area contributed by atoms with Crippen LogP contribution in [0.15, 0.2) is 30.6 Å². The van der Waals surface area contributed by atoms with Crippen LogP contribution in [0.1, 0.15) is 32.1 Å². The van der Waals surface area contributed by atoms with E-state index in [0.29, 0.717) is 18.1 Å². The molecule has 2 N–H and O–H groups in total. The molecule has 7 heteroatoms. The van der Waals surface area contributed by atoms with Crippen LogP contribution in [0.5, 0.6) is 0 Å². The minimum Gasteiger partial charge on any atom is -0.480 e. The van der Waals surface area contributed by atoms with Crippen molar-refractivity contribution in [2.24, 2.45) is 5.92 Å². The number of carboxylic acids is 1. The van der Waals surface area contributed by atoms with Crippen molar-refractivity contribution in [3.63, 3.8) is 0 Å². The lowest BCUT2D eigenvalue weighted by Gasteiger charge is -2.18. The van der Waals surface area contributed by atoms with Gasteiger partial charge in [0.2, 0.25) is 0 Å². The maximum atomic E-state index is 11.7. The fourth-order valence-electron chi connectivity index (χ4n) is 2.74. The van der Waals surface area contributed by atoms with Crippen molar-refractivity contribution in [3.8, 4) is 11.4 Å². The molecule has 0 aliphatic rings. The molecule has 1 atom stereocenters. The van der Waals surface area contributed by atoms with Gasteiger partial charge in [-0.1, -0.05) is 20.8 Å². The highest BCUT2D eigenvalue weighted by Gasteiger charge is 2.22. The molecule has 0 spiro atoms. The van der Waals surface area contributed by atoms with Gasteiger partial charge in [0.1, 0.15) is 16.7 Å². The van der Waals surface area contributed by atoms with E-state index < -0.39 is 12.0 Å². The Morgan fingerprint density at radius 1 is 1.35 bits per heavy atom. The molecule has 3 aromatic rings. The molecule has 1 unspecified atom stereocenters. The molecule has 136 valence electrons. The number of hydrogen-bond acceptors (Lipinski definition) is 6. The van der Waals surface area contributed by atoms with Crippen molar-refractivity contribution in [3.05, 3.63) is 35.5 Å². The minimum absolute atomic E-state index is 0.257. The number of aromatic nitrogens is 3. The largest absolute Gasteiger partial charge is 0.480 e. The lowest BCUT2D eigenvalue weighted by atomic mass is 10.0. The van der Waals surface area contributed by atoms with Crippen LogP contribution in [0, 0.1) is 5.92 Å². The van der Waals surface area contributed by atoms with Crippen LogP contribution in [-0.4, -0.2) is 32.1 Å². The van der Waals surface area contributed by atoms with Crippen molar-refractivity contribution in [1.82, 2.24) is 15.0 Å². The standard InChI is InChI=1S/C19H22N4O2S/c1-4-13-9-14-17(21-15(19(24)25)8-11(2)3)22-16(23-18(14)26-13)12-6-5-7-20-10-12/h5-7,9-11,15H,4,8H2,1-3H3,(H,24,25)(H,21,22,23). The van der Waals surface area contributed by atoms with Gasteiger partial charge in [-0.15, -0.1) is 11.3 Å². The lowest BCUT2D eigenvalue weighted by Crippen LogP contribution is -2.31. The number of aryl methyl sites for hydroxylation is 1. The van der Waals surface area contributed by atoms with Crippen LogP contribution in [-0.2, 0) is 11.2 Å². The van der Waals surface area contributed by atoms with E-state index in [1.807, 2.05) is 32.0 Å². The third-order valence-electron chi connectivity index (χ3n) is 4.03. The highest BCUT2D eigenvalue weighted by molar-refractivity contribution is 7.18. The number of anilines is 1. The van der Waals surface area contributed by atoms with Crippen molar-refractivity contribution < 1.29 is 9.90 Å². The van der Waals surface area contributed by atoms with Crippen molar-refractivity contribution >= 4 is 33.3 Å². The Hall–Kier alpha value is -2.54. The van der Waals surface area contributed by atoms with Crippen LogP contribution < -0.4 is 5.32 Å². The fraction of sp³-hybridized carbons (Fsp3) is 0.368. The quantitative estimate of drug-likeness (QED) is 0.647. The maximum Gasteiger partial charge on any atom is 0.326 e. The summed E-state index contributed by atoms with van der Waals surface area (Å²) in [5.74, 6) is 0.496. The first-order valence-electron chi connectivity index (χ1n) is 8.68. The van der Waals surface area contributed by atoms with Gasteiger partial charge in [0.15, 0.2) is 5.82 Å². The number of nitrogens with zero attached hydrogens (tertiary/aromatic N) is 3. The predicted molar refractivity (Wildman–Crippen MR) is 105 cm³/mol. The second kappa shape index (κ2) is 7.78. The summed E-state index contributed by atoms with van der Waals surface area (Å²) in [5.41, 5.74) is 0.805. The molecule has 0 aromatic carbocycles. The summed E-state index contributed by atoms with van der Waals surface area (Å²) in [6.07, 6.45) is 4.83. The van der Waals surface area contributed by atoms with Gasteiger partial charge in [-0.3, -0.25) is 4.98 Å². The summed E-state index contributed by atoms with van der Waals surface area (Å²) >= 11 is 1.61. The number of nitrogens with one attached hydrogen (secondary N) is 1. The fourth-order valence-corrected chi connectivity index (χ4v) is 3.70. The van der Waals surface area contributed by atoms with Gasteiger partial charge in [0.05, 0.1) is 5.39 Å². The molecule has 0 radical (unpaired) electrons.